The lowest BCUT2D eigenvalue weighted by Crippen LogP contribution is -2.24. The number of hydrazone groups is 1. The molecule has 2 rings (SSSR count). The molecule has 0 fully saturated rings. The zero-order valence-corrected chi connectivity index (χ0v) is 17.3. The molecule has 0 aromatic heterocycles. The molecule has 5 nitrogen and oxygen atoms in total. The van der Waals surface area contributed by atoms with E-state index >= 15 is 0 Å². The minimum Gasteiger partial charge on any atom is -0.488 e. The summed E-state index contributed by atoms with van der Waals surface area (Å²) in [6.45, 7) is 6.57. The molecular weight excluding hydrogens is 412 g/mol. The van der Waals surface area contributed by atoms with Crippen LogP contribution in [0.1, 0.15) is 25.0 Å². The number of nitrogens with two attached hydrogens (primary N) is 1. The van der Waals surface area contributed by atoms with Crippen LogP contribution in [0.4, 0.5) is 5.69 Å². The van der Waals surface area contributed by atoms with Gasteiger partial charge in [0.25, 0.3) is 0 Å². The second kappa shape index (κ2) is 10.1. The Balaban J connectivity index is 2.28. The minimum atomic E-state index is 0.122. The van der Waals surface area contributed by atoms with Gasteiger partial charge in [-0.1, -0.05) is 34.1 Å². The third kappa shape index (κ3) is 5.71. The maximum absolute atomic E-state index is 6.10. The Kier molecular flexibility index (Phi) is 7.87. The number of ether oxygens (including phenoxy) is 1. The summed E-state index contributed by atoms with van der Waals surface area (Å²) in [5, 5.41) is 4.17. The van der Waals surface area contributed by atoms with Gasteiger partial charge in [0.15, 0.2) is 5.11 Å². The van der Waals surface area contributed by atoms with Crippen LogP contribution < -0.4 is 20.8 Å². The lowest BCUT2D eigenvalue weighted by Gasteiger charge is -2.22. The van der Waals surface area contributed by atoms with E-state index in [2.05, 4.69) is 51.3 Å². The summed E-state index contributed by atoms with van der Waals surface area (Å²) >= 11 is 8.32. The number of nitrogens with one attached hydrogen (secondary N) is 1. The fourth-order valence-electron chi connectivity index (χ4n) is 2.48. The van der Waals surface area contributed by atoms with E-state index in [-0.39, 0.29) is 5.11 Å². The lowest BCUT2D eigenvalue weighted by molar-refractivity contribution is 0.305. The molecule has 0 aliphatic carbocycles. The first-order chi connectivity index (χ1) is 12.5. The number of hydrogen-bond acceptors (Lipinski definition) is 4. The Morgan fingerprint density at radius 3 is 2.65 bits per heavy atom. The van der Waals surface area contributed by atoms with Crippen molar-refractivity contribution in [2.45, 2.75) is 20.5 Å². The first-order valence-corrected chi connectivity index (χ1v) is 9.59. The molecule has 0 saturated carbocycles. The quantitative estimate of drug-likeness (QED) is 0.372. The number of nitrogens with zero attached hydrogens (tertiary/aromatic N) is 2. The summed E-state index contributed by atoms with van der Waals surface area (Å²) in [6.07, 6.45) is 1.65. The van der Waals surface area contributed by atoms with E-state index in [0.717, 1.165) is 40.1 Å². The predicted molar refractivity (Wildman–Crippen MR) is 116 cm³/mol. The predicted octanol–water partition coefficient (Wildman–Crippen LogP) is 4.04. The van der Waals surface area contributed by atoms with Crippen LogP contribution in [0, 0.1) is 0 Å². The summed E-state index contributed by atoms with van der Waals surface area (Å²) < 4.78 is 7.12. The Morgan fingerprint density at radius 2 is 2.00 bits per heavy atom. The number of rotatable bonds is 8. The fraction of sp³-hybridized carbons (Fsp3) is 0.263. The normalized spacial score (nSPS) is 10.7. The van der Waals surface area contributed by atoms with Crippen LogP contribution in [-0.4, -0.2) is 24.4 Å². The van der Waals surface area contributed by atoms with Gasteiger partial charge in [0, 0.05) is 40.4 Å². The molecule has 138 valence electrons. The summed E-state index contributed by atoms with van der Waals surface area (Å²) in [6, 6.07) is 14.1. The number of halogens is 1. The van der Waals surface area contributed by atoms with Crippen molar-refractivity contribution in [1.29, 1.82) is 0 Å². The number of hydrogen-bond donors (Lipinski definition) is 2. The van der Waals surface area contributed by atoms with Crippen LogP contribution in [0.5, 0.6) is 5.75 Å². The average Bonchev–Trinajstić information content (AvgIpc) is 2.63. The van der Waals surface area contributed by atoms with Crippen molar-refractivity contribution in [1.82, 2.24) is 5.43 Å². The molecule has 0 saturated heterocycles. The fourth-order valence-corrected chi connectivity index (χ4v) is 2.93. The highest BCUT2D eigenvalue weighted by Crippen LogP contribution is 2.27. The van der Waals surface area contributed by atoms with Gasteiger partial charge < -0.3 is 15.4 Å². The highest BCUT2D eigenvalue weighted by molar-refractivity contribution is 9.10. The molecule has 0 spiro atoms. The van der Waals surface area contributed by atoms with E-state index in [9.17, 15) is 0 Å². The van der Waals surface area contributed by atoms with Crippen molar-refractivity contribution in [2.24, 2.45) is 10.8 Å². The van der Waals surface area contributed by atoms with E-state index in [4.69, 9.17) is 22.7 Å². The molecule has 0 unspecified atom stereocenters. The molecule has 7 heteroatoms. The Bertz CT molecular complexity index is 778. The van der Waals surface area contributed by atoms with Crippen LogP contribution in [-0.2, 0) is 6.61 Å². The summed E-state index contributed by atoms with van der Waals surface area (Å²) in [5.41, 5.74) is 11.0. The smallest absolute Gasteiger partial charge is 0.184 e. The molecule has 0 heterocycles. The third-order valence-electron chi connectivity index (χ3n) is 3.85. The highest BCUT2D eigenvalue weighted by atomic mass is 79.9. The number of benzene rings is 2. The van der Waals surface area contributed by atoms with Crippen molar-refractivity contribution in [3.8, 4) is 5.75 Å². The molecule has 0 amide bonds. The molecule has 0 radical (unpaired) electrons. The monoisotopic (exact) mass is 434 g/mol. The van der Waals surface area contributed by atoms with Gasteiger partial charge in [-0.05, 0) is 44.3 Å². The van der Waals surface area contributed by atoms with Crippen molar-refractivity contribution >= 4 is 45.2 Å². The topological polar surface area (TPSA) is 62.9 Å². The summed E-state index contributed by atoms with van der Waals surface area (Å²) in [4.78, 5) is 2.26. The van der Waals surface area contributed by atoms with Gasteiger partial charge in [-0.2, -0.15) is 5.10 Å². The lowest BCUT2D eigenvalue weighted by atomic mass is 10.1. The maximum Gasteiger partial charge on any atom is 0.184 e. The highest BCUT2D eigenvalue weighted by Gasteiger charge is 2.09. The van der Waals surface area contributed by atoms with Gasteiger partial charge in [-0.3, -0.25) is 5.43 Å². The second-order valence-electron chi connectivity index (χ2n) is 5.51. The van der Waals surface area contributed by atoms with Gasteiger partial charge >= 0.3 is 0 Å². The molecule has 0 aliphatic heterocycles. The first-order valence-electron chi connectivity index (χ1n) is 8.38. The second-order valence-corrected chi connectivity index (χ2v) is 6.80. The first kappa shape index (κ1) is 20.2. The van der Waals surface area contributed by atoms with Gasteiger partial charge in [0.05, 0.1) is 6.21 Å². The van der Waals surface area contributed by atoms with E-state index in [1.807, 2.05) is 36.4 Å². The van der Waals surface area contributed by atoms with Gasteiger partial charge in [-0.25, -0.2) is 0 Å². The molecule has 2 aromatic carbocycles. The summed E-state index contributed by atoms with van der Waals surface area (Å²) in [7, 11) is 0. The molecule has 0 aliphatic rings. The Morgan fingerprint density at radius 1 is 1.27 bits per heavy atom. The van der Waals surface area contributed by atoms with E-state index in [1.54, 1.807) is 6.21 Å². The van der Waals surface area contributed by atoms with Gasteiger partial charge in [0.2, 0.25) is 0 Å². The summed E-state index contributed by atoms with van der Waals surface area (Å²) in [5.74, 6) is 0.749. The average molecular weight is 435 g/mol. The van der Waals surface area contributed by atoms with E-state index in [1.165, 1.54) is 0 Å². The van der Waals surface area contributed by atoms with Gasteiger partial charge in [0.1, 0.15) is 12.4 Å². The molecule has 26 heavy (non-hydrogen) atoms. The maximum atomic E-state index is 6.10. The van der Waals surface area contributed by atoms with E-state index < -0.39 is 0 Å². The molecular formula is C19H23BrN4OS. The largest absolute Gasteiger partial charge is 0.488 e. The molecule has 0 bridgehead atoms. The third-order valence-corrected chi connectivity index (χ3v) is 4.71. The number of thiocarbonyl (C=S) groups is 1. The van der Waals surface area contributed by atoms with Gasteiger partial charge in [-0.15, -0.1) is 0 Å². The van der Waals surface area contributed by atoms with Crippen LogP contribution in [0.3, 0.4) is 0 Å². The molecule has 0 atom stereocenters. The van der Waals surface area contributed by atoms with Crippen LogP contribution >= 0.6 is 28.1 Å². The van der Waals surface area contributed by atoms with Crippen molar-refractivity contribution in [2.75, 3.05) is 18.0 Å². The van der Waals surface area contributed by atoms with Crippen LogP contribution in [0.2, 0.25) is 0 Å². The minimum absolute atomic E-state index is 0.122. The van der Waals surface area contributed by atoms with Crippen molar-refractivity contribution in [3.05, 3.63) is 58.1 Å². The van der Waals surface area contributed by atoms with Crippen LogP contribution in [0.15, 0.2) is 52.0 Å². The Labute approximate surface area is 168 Å². The zero-order valence-electron chi connectivity index (χ0n) is 14.9. The standard InChI is InChI=1S/C19H23BrN4OS/c1-3-24(4-2)16-10-9-14(12-22-23-19(21)26)18(11-16)25-13-15-7-5-6-8-17(15)20/h5-12H,3-4,13H2,1-2H3,(H3,21,23,26)/b22-12+. The SMILES string of the molecule is CCN(CC)c1ccc(/C=N/NC(N)=S)c(OCc2ccccc2Br)c1. The van der Waals surface area contributed by atoms with E-state index in [0.29, 0.717) is 6.61 Å². The Hall–Kier alpha value is -2.12. The van der Waals surface area contributed by atoms with Crippen molar-refractivity contribution in [3.63, 3.8) is 0 Å². The molecule has 2 aromatic rings. The van der Waals surface area contributed by atoms with Crippen molar-refractivity contribution < 1.29 is 4.74 Å². The zero-order chi connectivity index (χ0) is 18.9. The van der Waals surface area contributed by atoms with Crippen LogP contribution in [0.25, 0.3) is 0 Å². The number of anilines is 1. The molecule has 3 N–H and O–H groups in total.